The fraction of sp³-hybridized carbons (Fsp3) is 0.538. The quantitative estimate of drug-likeness (QED) is 0.920. The second-order valence-electron chi connectivity index (χ2n) is 4.92. The molecular formula is C13H16BrNO. The average Bonchev–Trinajstić information content (AvgIpc) is 2.81. The number of rotatable bonds is 3. The van der Waals surface area contributed by atoms with E-state index in [4.69, 9.17) is 4.74 Å². The smallest absolute Gasteiger partial charge is 0.123 e. The van der Waals surface area contributed by atoms with Crippen LogP contribution >= 0.6 is 15.9 Å². The first-order chi connectivity index (χ1) is 7.72. The second-order valence-corrected chi connectivity index (χ2v) is 5.84. The Morgan fingerprint density at radius 3 is 3.06 bits per heavy atom. The molecule has 2 nitrogen and oxygen atoms in total. The van der Waals surface area contributed by atoms with E-state index in [0.29, 0.717) is 6.10 Å². The van der Waals surface area contributed by atoms with Gasteiger partial charge in [0.25, 0.3) is 0 Å². The molecule has 1 aromatic carbocycles. The minimum Gasteiger partial charge on any atom is -0.488 e. The van der Waals surface area contributed by atoms with E-state index in [1.54, 1.807) is 0 Å². The summed E-state index contributed by atoms with van der Waals surface area (Å²) in [5.74, 6) is 1.91. The van der Waals surface area contributed by atoms with Crippen molar-refractivity contribution in [2.45, 2.75) is 31.9 Å². The van der Waals surface area contributed by atoms with Crippen molar-refractivity contribution in [3.63, 3.8) is 0 Å². The Balaban J connectivity index is 1.58. The zero-order valence-electron chi connectivity index (χ0n) is 9.37. The van der Waals surface area contributed by atoms with E-state index in [9.17, 15) is 0 Å². The van der Waals surface area contributed by atoms with Crippen molar-refractivity contribution in [3.05, 3.63) is 28.2 Å². The molecule has 1 N–H and O–H groups in total. The molecule has 0 aromatic heterocycles. The van der Waals surface area contributed by atoms with E-state index in [-0.39, 0.29) is 0 Å². The number of fused-ring (bicyclic) bond motifs is 1. The van der Waals surface area contributed by atoms with E-state index in [1.807, 2.05) is 6.07 Å². The fourth-order valence-corrected chi connectivity index (χ4v) is 2.70. The average molecular weight is 282 g/mol. The van der Waals surface area contributed by atoms with Crippen molar-refractivity contribution in [1.82, 2.24) is 5.32 Å². The standard InChI is InChI=1S/C13H16BrNO/c1-8-4-12(8)15-7-11-6-9-5-10(14)2-3-13(9)16-11/h2-3,5,8,11-12,15H,4,6-7H2,1H3. The zero-order chi connectivity index (χ0) is 11.1. The lowest BCUT2D eigenvalue weighted by molar-refractivity contribution is 0.226. The monoisotopic (exact) mass is 281 g/mol. The van der Waals surface area contributed by atoms with Crippen molar-refractivity contribution in [1.29, 1.82) is 0 Å². The molecule has 3 atom stereocenters. The SMILES string of the molecule is CC1CC1NCC1Cc2cc(Br)ccc2O1. The molecule has 3 heteroatoms. The Hall–Kier alpha value is -0.540. The van der Waals surface area contributed by atoms with Gasteiger partial charge in [-0.05, 0) is 36.1 Å². The number of halogens is 1. The first kappa shape index (κ1) is 10.6. The fourth-order valence-electron chi connectivity index (χ4n) is 2.29. The molecule has 1 aromatic rings. The van der Waals surface area contributed by atoms with Crippen LogP contribution in [0.2, 0.25) is 0 Å². The Kier molecular flexibility index (Phi) is 2.68. The number of benzene rings is 1. The molecule has 3 rings (SSSR count). The third kappa shape index (κ3) is 2.11. The number of hydrogen-bond donors (Lipinski definition) is 1. The van der Waals surface area contributed by atoms with Crippen LogP contribution in [0.15, 0.2) is 22.7 Å². The first-order valence-electron chi connectivity index (χ1n) is 5.91. The summed E-state index contributed by atoms with van der Waals surface area (Å²) < 4.78 is 7.03. The Morgan fingerprint density at radius 2 is 2.31 bits per heavy atom. The minimum atomic E-state index is 0.317. The maximum absolute atomic E-state index is 5.89. The number of ether oxygens (including phenoxy) is 1. The highest BCUT2D eigenvalue weighted by Gasteiger charge is 2.33. The van der Waals surface area contributed by atoms with Crippen LogP contribution in [0, 0.1) is 5.92 Å². The Morgan fingerprint density at radius 1 is 1.50 bits per heavy atom. The molecule has 86 valence electrons. The topological polar surface area (TPSA) is 21.3 Å². The molecule has 1 aliphatic carbocycles. The van der Waals surface area contributed by atoms with Gasteiger partial charge >= 0.3 is 0 Å². The maximum atomic E-state index is 5.89. The summed E-state index contributed by atoms with van der Waals surface area (Å²) in [5.41, 5.74) is 1.32. The molecule has 2 aliphatic rings. The van der Waals surface area contributed by atoms with Crippen LogP contribution < -0.4 is 10.1 Å². The van der Waals surface area contributed by atoms with E-state index in [1.165, 1.54) is 12.0 Å². The van der Waals surface area contributed by atoms with Gasteiger partial charge in [-0.2, -0.15) is 0 Å². The van der Waals surface area contributed by atoms with Crippen LogP contribution in [0.25, 0.3) is 0 Å². The molecule has 1 fully saturated rings. The number of nitrogens with one attached hydrogen (secondary N) is 1. The molecule has 0 saturated heterocycles. The molecule has 1 aliphatic heterocycles. The number of hydrogen-bond acceptors (Lipinski definition) is 2. The van der Waals surface area contributed by atoms with Gasteiger partial charge in [0.1, 0.15) is 11.9 Å². The molecule has 0 radical (unpaired) electrons. The Bertz CT molecular complexity index is 407. The summed E-state index contributed by atoms with van der Waals surface area (Å²) in [5, 5.41) is 3.56. The maximum Gasteiger partial charge on any atom is 0.123 e. The molecular weight excluding hydrogens is 266 g/mol. The highest BCUT2D eigenvalue weighted by Crippen LogP contribution is 2.32. The summed E-state index contributed by atoms with van der Waals surface area (Å²) >= 11 is 3.49. The van der Waals surface area contributed by atoms with Crippen molar-refractivity contribution < 1.29 is 4.74 Å². The van der Waals surface area contributed by atoms with E-state index in [0.717, 1.165) is 35.1 Å². The molecule has 3 unspecified atom stereocenters. The summed E-state index contributed by atoms with van der Waals surface area (Å²) in [4.78, 5) is 0. The lowest BCUT2D eigenvalue weighted by Gasteiger charge is -2.11. The Labute approximate surface area is 105 Å². The largest absolute Gasteiger partial charge is 0.488 e. The van der Waals surface area contributed by atoms with Crippen LogP contribution in [-0.4, -0.2) is 18.7 Å². The van der Waals surface area contributed by atoms with Crippen molar-refractivity contribution in [2.75, 3.05) is 6.54 Å². The van der Waals surface area contributed by atoms with Crippen LogP contribution in [-0.2, 0) is 6.42 Å². The summed E-state index contributed by atoms with van der Waals surface area (Å²) in [6.45, 7) is 3.26. The zero-order valence-corrected chi connectivity index (χ0v) is 11.0. The van der Waals surface area contributed by atoms with Crippen LogP contribution in [0.4, 0.5) is 0 Å². The van der Waals surface area contributed by atoms with Gasteiger partial charge in [0, 0.05) is 23.5 Å². The molecule has 1 saturated carbocycles. The van der Waals surface area contributed by atoms with Gasteiger partial charge in [-0.1, -0.05) is 22.9 Å². The predicted molar refractivity (Wildman–Crippen MR) is 67.8 cm³/mol. The van der Waals surface area contributed by atoms with E-state index < -0.39 is 0 Å². The highest BCUT2D eigenvalue weighted by molar-refractivity contribution is 9.10. The molecule has 16 heavy (non-hydrogen) atoms. The minimum absolute atomic E-state index is 0.317. The molecule has 1 heterocycles. The normalized spacial score (nSPS) is 31.0. The van der Waals surface area contributed by atoms with Gasteiger partial charge in [0.15, 0.2) is 0 Å². The second kappa shape index (κ2) is 4.04. The molecule has 0 amide bonds. The summed E-state index contributed by atoms with van der Waals surface area (Å²) in [6.07, 6.45) is 2.67. The first-order valence-corrected chi connectivity index (χ1v) is 6.70. The van der Waals surface area contributed by atoms with Gasteiger partial charge in [0.2, 0.25) is 0 Å². The predicted octanol–water partition coefficient (Wildman–Crippen LogP) is 2.75. The van der Waals surface area contributed by atoms with Gasteiger partial charge < -0.3 is 10.1 Å². The van der Waals surface area contributed by atoms with Gasteiger partial charge in [-0.15, -0.1) is 0 Å². The van der Waals surface area contributed by atoms with Gasteiger partial charge in [0.05, 0.1) is 0 Å². The van der Waals surface area contributed by atoms with Gasteiger partial charge in [-0.3, -0.25) is 0 Å². The third-order valence-electron chi connectivity index (χ3n) is 3.48. The van der Waals surface area contributed by atoms with Crippen molar-refractivity contribution in [2.24, 2.45) is 5.92 Å². The molecule has 0 spiro atoms. The van der Waals surface area contributed by atoms with Crippen LogP contribution in [0.5, 0.6) is 5.75 Å². The van der Waals surface area contributed by atoms with Crippen LogP contribution in [0.3, 0.4) is 0 Å². The van der Waals surface area contributed by atoms with E-state index >= 15 is 0 Å². The van der Waals surface area contributed by atoms with Crippen molar-refractivity contribution in [3.8, 4) is 5.75 Å². The van der Waals surface area contributed by atoms with Crippen molar-refractivity contribution >= 4 is 15.9 Å². The third-order valence-corrected chi connectivity index (χ3v) is 3.97. The summed E-state index contributed by atoms with van der Waals surface area (Å²) in [6, 6.07) is 6.99. The summed E-state index contributed by atoms with van der Waals surface area (Å²) in [7, 11) is 0. The lowest BCUT2D eigenvalue weighted by atomic mass is 10.1. The van der Waals surface area contributed by atoms with E-state index in [2.05, 4.69) is 40.3 Å². The van der Waals surface area contributed by atoms with Gasteiger partial charge in [-0.25, -0.2) is 0 Å². The lowest BCUT2D eigenvalue weighted by Crippen LogP contribution is -2.32. The van der Waals surface area contributed by atoms with Crippen LogP contribution in [0.1, 0.15) is 18.9 Å². The molecule has 0 bridgehead atoms. The highest BCUT2D eigenvalue weighted by atomic mass is 79.9.